The van der Waals surface area contributed by atoms with Crippen molar-refractivity contribution in [1.29, 1.82) is 5.26 Å². The highest BCUT2D eigenvalue weighted by molar-refractivity contribution is 6.13. The maximum atomic E-state index is 13.5. The first-order valence-electron chi connectivity index (χ1n) is 7.42. The molecule has 0 aliphatic carbocycles. The number of hydrogen-bond donors (Lipinski definition) is 1. The van der Waals surface area contributed by atoms with Gasteiger partial charge in [0.15, 0.2) is 0 Å². The second kappa shape index (κ2) is 7.21. The number of hydrazone groups is 1. The molecule has 0 radical (unpaired) electrons. The Balaban J connectivity index is 2.03. The van der Waals surface area contributed by atoms with Crippen LogP contribution in [-0.4, -0.2) is 5.71 Å². The third kappa shape index (κ3) is 3.47. The zero-order chi connectivity index (χ0) is 16.8. The zero-order valence-corrected chi connectivity index (χ0v) is 12.8. The molecule has 3 aromatic carbocycles. The van der Waals surface area contributed by atoms with Crippen LogP contribution in [0, 0.1) is 17.1 Å². The molecule has 0 aliphatic heterocycles. The van der Waals surface area contributed by atoms with Crippen molar-refractivity contribution in [1.82, 2.24) is 0 Å². The summed E-state index contributed by atoms with van der Waals surface area (Å²) in [6.45, 7) is 0. The van der Waals surface area contributed by atoms with E-state index in [-0.39, 0.29) is 0 Å². The fraction of sp³-hybridized carbons (Fsp3) is 0. The van der Waals surface area contributed by atoms with E-state index in [4.69, 9.17) is 5.26 Å². The third-order valence-corrected chi connectivity index (χ3v) is 3.48. The molecule has 0 atom stereocenters. The highest BCUT2D eigenvalue weighted by Crippen LogP contribution is 2.18. The van der Waals surface area contributed by atoms with Crippen molar-refractivity contribution in [2.45, 2.75) is 0 Å². The summed E-state index contributed by atoms with van der Waals surface area (Å²) in [7, 11) is 0. The van der Waals surface area contributed by atoms with Crippen LogP contribution in [0.4, 0.5) is 10.1 Å². The minimum absolute atomic E-state index is 0.334. The Hall–Kier alpha value is -3.45. The predicted octanol–water partition coefficient (Wildman–Crippen LogP) is 4.56. The van der Waals surface area contributed by atoms with Gasteiger partial charge in [0.2, 0.25) is 0 Å². The zero-order valence-electron chi connectivity index (χ0n) is 12.8. The van der Waals surface area contributed by atoms with Crippen molar-refractivity contribution in [2.24, 2.45) is 5.10 Å². The second-order valence-electron chi connectivity index (χ2n) is 5.11. The minimum Gasteiger partial charge on any atom is -0.276 e. The fourth-order valence-corrected chi connectivity index (χ4v) is 2.31. The second-order valence-corrected chi connectivity index (χ2v) is 5.11. The molecule has 3 aromatic rings. The minimum atomic E-state index is -0.423. The van der Waals surface area contributed by atoms with Crippen LogP contribution in [0.5, 0.6) is 0 Å². The molecule has 0 spiro atoms. The van der Waals surface area contributed by atoms with Crippen molar-refractivity contribution >= 4 is 11.4 Å². The van der Waals surface area contributed by atoms with Gasteiger partial charge in [-0.05, 0) is 12.1 Å². The Labute approximate surface area is 139 Å². The molecule has 0 aliphatic rings. The van der Waals surface area contributed by atoms with Crippen LogP contribution in [0.3, 0.4) is 0 Å². The maximum absolute atomic E-state index is 13.5. The van der Waals surface area contributed by atoms with Crippen LogP contribution in [0.1, 0.15) is 16.7 Å². The smallest absolute Gasteiger partial charge is 0.125 e. The molecule has 116 valence electrons. The lowest BCUT2D eigenvalue weighted by Crippen LogP contribution is -2.07. The summed E-state index contributed by atoms with van der Waals surface area (Å²) in [5.74, 6) is -0.423. The Morgan fingerprint density at radius 1 is 0.875 bits per heavy atom. The molecule has 3 nitrogen and oxygen atoms in total. The molecule has 0 bridgehead atoms. The monoisotopic (exact) mass is 315 g/mol. The molecule has 0 saturated heterocycles. The summed E-state index contributed by atoms with van der Waals surface area (Å²) < 4.78 is 13.5. The van der Waals surface area contributed by atoms with E-state index in [2.05, 4.69) is 10.5 Å². The highest BCUT2D eigenvalue weighted by atomic mass is 19.1. The molecule has 0 aromatic heterocycles. The topological polar surface area (TPSA) is 48.2 Å². The first kappa shape index (κ1) is 15.4. The SMILES string of the molecule is N#Cc1ccc(F)cc1NN=C(c1ccccc1)c1ccccc1. The standard InChI is InChI=1S/C20H14FN3/c21-18-12-11-17(14-22)19(13-18)23-24-20(15-7-3-1-4-8-15)16-9-5-2-6-10-16/h1-13,23H. The van der Waals surface area contributed by atoms with Gasteiger partial charge in [-0.1, -0.05) is 60.7 Å². The molecule has 24 heavy (non-hydrogen) atoms. The Morgan fingerprint density at radius 2 is 1.46 bits per heavy atom. The molecular weight excluding hydrogens is 301 g/mol. The van der Waals surface area contributed by atoms with Gasteiger partial charge in [-0.15, -0.1) is 0 Å². The number of rotatable bonds is 4. The Kier molecular flexibility index (Phi) is 4.64. The summed E-state index contributed by atoms with van der Waals surface area (Å²) in [5, 5.41) is 13.6. The van der Waals surface area contributed by atoms with Gasteiger partial charge in [0.1, 0.15) is 11.9 Å². The average Bonchev–Trinajstić information content (AvgIpc) is 2.64. The van der Waals surface area contributed by atoms with Crippen molar-refractivity contribution in [3.8, 4) is 6.07 Å². The van der Waals surface area contributed by atoms with Crippen LogP contribution < -0.4 is 5.43 Å². The van der Waals surface area contributed by atoms with Crippen molar-refractivity contribution in [2.75, 3.05) is 5.43 Å². The van der Waals surface area contributed by atoms with Crippen LogP contribution in [-0.2, 0) is 0 Å². The summed E-state index contributed by atoms with van der Waals surface area (Å²) in [6.07, 6.45) is 0. The molecular formula is C20H14FN3. The van der Waals surface area contributed by atoms with Crippen LogP contribution in [0.25, 0.3) is 0 Å². The van der Waals surface area contributed by atoms with Gasteiger partial charge >= 0.3 is 0 Å². The molecule has 0 heterocycles. The Bertz CT molecular complexity index is 856. The van der Waals surface area contributed by atoms with Gasteiger partial charge in [0.05, 0.1) is 17.0 Å². The summed E-state index contributed by atoms with van der Waals surface area (Å²) in [5.41, 5.74) is 6.05. The van der Waals surface area contributed by atoms with Gasteiger partial charge in [0, 0.05) is 17.2 Å². The fourth-order valence-electron chi connectivity index (χ4n) is 2.31. The molecule has 0 saturated carbocycles. The quantitative estimate of drug-likeness (QED) is 0.566. The van der Waals surface area contributed by atoms with Gasteiger partial charge in [-0.2, -0.15) is 10.4 Å². The molecule has 1 N–H and O–H groups in total. The average molecular weight is 315 g/mol. The van der Waals surface area contributed by atoms with E-state index >= 15 is 0 Å². The molecule has 4 heteroatoms. The van der Waals surface area contributed by atoms with Gasteiger partial charge in [-0.25, -0.2) is 4.39 Å². The van der Waals surface area contributed by atoms with Crippen molar-refractivity contribution in [3.05, 3.63) is 101 Å². The lowest BCUT2D eigenvalue weighted by molar-refractivity contribution is 0.628. The molecule has 0 fully saturated rings. The van der Waals surface area contributed by atoms with Gasteiger partial charge < -0.3 is 0 Å². The molecule has 0 amide bonds. The van der Waals surface area contributed by atoms with Gasteiger partial charge in [-0.3, -0.25) is 5.43 Å². The van der Waals surface area contributed by atoms with E-state index in [0.29, 0.717) is 17.0 Å². The Morgan fingerprint density at radius 3 is 2.00 bits per heavy atom. The number of benzene rings is 3. The lowest BCUT2D eigenvalue weighted by Gasteiger charge is -2.09. The predicted molar refractivity (Wildman–Crippen MR) is 93.3 cm³/mol. The number of nitrogens with one attached hydrogen (secondary N) is 1. The summed E-state index contributed by atoms with van der Waals surface area (Å²) in [6, 6.07) is 25.3. The van der Waals surface area contributed by atoms with Gasteiger partial charge in [0.25, 0.3) is 0 Å². The number of anilines is 1. The van der Waals surface area contributed by atoms with Crippen LogP contribution in [0.15, 0.2) is 84.0 Å². The van der Waals surface area contributed by atoms with E-state index in [0.717, 1.165) is 11.1 Å². The first-order valence-corrected chi connectivity index (χ1v) is 7.42. The van der Waals surface area contributed by atoms with E-state index in [1.165, 1.54) is 18.2 Å². The highest BCUT2D eigenvalue weighted by Gasteiger charge is 2.08. The van der Waals surface area contributed by atoms with Crippen molar-refractivity contribution < 1.29 is 4.39 Å². The van der Waals surface area contributed by atoms with Crippen LogP contribution >= 0.6 is 0 Å². The summed E-state index contributed by atoms with van der Waals surface area (Å²) in [4.78, 5) is 0. The molecule has 0 unspecified atom stereocenters. The van der Waals surface area contributed by atoms with E-state index in [1.54, 1.807) is 0 Å². The largest absolute Gasteiger partial charge is 0.276 e. The number of nitriles is 1. The van der Waals surface area contributed by atoms with Crippen LogP contribution in [0.2, 0.25) is 0 Å². The van der Waals surface area contributed by atoms with E-state index < -0.39 is 5.82 Å². The maximum Gasteiger partial charge on any atom is 0.125 e. The molecule has 3 rings (SSSR count). The van der Waals surface area contributed by atoms with E-state index in [1.807, 2.05) is 66.7 Å². The number of nitrogens with zero attached hydrogens (tertiary/aromatic N) is 2. The number of hydrogen-bond acceptors (Lipinski definition) is 3. The van der Waals surface area contributed by atoms with Crippen molar-refractivity contribution in [3.63, 3.8) is 0 Å². The summed E-state index contributed by atoms with van der Waals surface area (Å²) >= 11 is 0. The first-order chi connectivity index (χ1) is 11.8. The lowest BCUT2D eigenvalue weighted by atomic mass is 10.0. The van der Waals surface area contributed by atoms with E-state index in [9.17, 15) is 4.39 Å². The normalized spacial score (nSPS) is 9.83. The number of halogens is 1. The third-order valence-electron chi connectivity index (χ3n) is 3.48.